The van der Waals surface area contributed by atoms with Crippen molar-refractivity contribution in [1.82, 2.24) is 5.32 Å². The van der Waals surface area contributed by atoms with Gasteiger partial charge >= 0.3 is 0 Å². The normalized spacial score (nSPS) is 19.5. The molecule has 24 heavy (non-hydrogen) atoms. The lowest BCUT2D eigenvalue weighted by Gasteiger charge is -2.36. The molecule has 0 saturated carbocycles. The highest BCUT2D eigenvalue weighted by Crippen LogP contribution is 2.43. The molecule has 1 amide bonds. The third kappa shape index (κ3) is 3.52. The predicted octanol–water partition coefficient (Wildman–Crippen LogP) is 4.10. The van der Waals surface area contributed by atoms with Crippen LogP contribution in [0, 0.1) is 20.8 Å². The maximum absolute atomic E-state index is 12.6. The highest BCUT2D eigenvalue weighted by Gasteiger charge is 2.40. The fraction of sp³-hybridized carbons (Fsp3) is 0.650. The van der Waals surface area contributed by atoms with Crippen LogP contribution < -0.4 is 10.1 Å². The Morgan fingerprint density at radius 1 is 1.17 bits per heavy atom. The summed E-state index contributed by atoms with van der Waals surface area (Å²) in [6.07, 6.45) is 5.93. The van der Waals surface area contributed by atoms with Gasteiger partial charge in [-0.25, -0.2) is 0 Å². The second kappa shape index (κ2) is 7.45. The van der Waals surface area contributed by atoms with Crippen LogP contribution in [0.5, 0.6) is 11.5 Å². The second-order valence-electron chi connectivity index (χ2n) is 7.18. The number of phenols is 1. The predicted molar refractivity (Wildman–Crippen MR) is 96.8 cm³/mol. The zero-order valence-corrected chi connectivity index (χ0v) is 15.7. The second-order valence-corrected chi connectivity index (χ2v) is 7.18. The van der Waals surface area contributed by atoms with Crippen LogP contribution in [0.25, 0.3) is 0 Å². The van der Waals surface area contributed by atoms with Crippen LogP contribution in [0.1, 0.15) is 68.2 Å². The van der Waals surface area contributed by atoms with Gasteiger partial charge in [0.2, 0.25) is 0 Å². The fourth-order valence-corrected chi connectivity index (χ4v) is 3.35. The number of benzene rings is 1. The average molecular weight is 333 g/mol. The first-order valence-corrected chi connectivity index (χ1v) is 9.10. The zero-order chi connectivity index (χ0) is 17.9. The lowest BCUT2D eigenvalue weighted by Crippen LogP contribution is -2.51. The van der Waals surface area contributed by atoms with Crippen molar-refractivity contribution in [2.75, 3.05) is 6.54 Å². The van der Waals surface area contributed by atoms with Crippen LogP contribution in [0.15, 0.2) is 0 Å². The molecule has 1 unspecified atom stereocenters. The molecule has 0 radical (unpaired) electrons. The minimum atomic E-state index is -0.835. The summed E-state index contributed by atoms with van der Waals surface area (Å²) in [6.45, 7) is 10.5. The molecule has 1 aromatic rings. The number of hydrogen-bond acceptors (Lipinski definition) is 3. The molecular formula is C20H31NO3. The molecule has 2 rings (SSSR count). The highest BCUT2D eigenvalue weighted by atomic mass is 16.5. The SMILES string of the molecule is CCCCCCNC(=O)C1(C)CCc2c(C)c(O)c(C)c(C)c2O1. The van der Waals surface area contributed by atoms with Crippen LogP contribution in [-0.2, 0) is 11.2 Å². The van der Waals surface area contributed by atoms with Crippen molar-refractivity contribution in [2.24, 2.45) is 0 Å². The molecular weight excluding hydrogens is 302 g/mol. The Balaban J connectivity index is 2.12. The van der Waals surface area contributed by atoms with E-state index in [1.807, 2.05) is 27.7 Å². The summed E-state index contributed by atoms with van der Waals surface area (Å²) in [7, 11) is 0. The van der Waals surface area contributed by atoms with Gasteiger partial charge in [-0.1, -0.05) is 26.2 Å². The first kappa shape index (κ1) is 18.6. The summed E-state index contributed by atoms with van der Waals surface area (Å²) in [4.78, 5) is 12.6. The molecule has 0 aliphatic carbocycles. The number of nitrogens with one attached hydrogen (secondary N) is 1. The summed E-state index contributed by atoms with van der Waals surface area (Å²) in [5.41, 5.74) is 2.82. The quantitative estimate of drug-likeness (QED) is 0.771. The summed E-state index contributed by atoms with van der Waals surface area (Å²) in [6, 6.07) is 0. The van der Waals surface area contributed by atoms with E-state index in [9.17, 15) is 9.90 Å². The molecule has 0 saturated heterocycles. The van der Waals surface area contributed by atoms with E-state index < -0.39 is 5.60 Å². The minimum absolute atomic E-state index is 0.0348. The van der Waals surface area contributed by atoms with Crippen molar-refractivity contribution in [3.8, 4) is 11.5 Å². The molecule has 2 N–H and O–H groups in total. The summed E-state index contributed by atoms with van der Waals surface area (Å²) in [5, 5.41) is 13.3. The molecule has 1 aliphatic rings. The van der Waals surface area contributed by atoms with Gasteiger partial charge in [0.25, 0.3) is 5.91 Å². The van der Waals surface area contributed by atoms with Gasteiger partial charge in [-0.05, 0) is 57.2 Å². The van der Waals surface area contributed by atoms with Gasteiger partial charge in [0.1, 0.15) is 11.5 Å². The lowest BCUT2D eigenvalue weighted by molar-refractivity contribution is -0.136. The number of aromatic hydroxyl groups is 1. The molecule has 1 aromatic carbocycles. The topological polar surface area (TPSA) is 58.6 Å². The first-order chi connectivity index (χ1) is 11.3. The van der Waals surface area contributed by atoms with E-state index >= 15 is 0 Å². The number of ether oxygens (including phenoxy) is 1. The Bertz CT molecular complexity index is 624. The van der Waals surface area contributed by atoms with E-state index in [1.165, 1.54) is 12.8 Å². The Morgan fingerprint density at radius 3 is 2.54 bits per heavy atom. The fourth-order valence-electron chi connectivity index (χ4n) is 3.35. The third-order valence-corrected chi connectivity index (χ3v) is 5.32. The van der Waals surface area contributed by atoms with Crippen LogP contribution in [0.4, 0.5) is 0 Å². The van der Waals surface area contributed by atoms with Gasteiger partial charge in [-0.2, -0.15) is 0 Å². The van der Waals surface area contributed by atoms with E-state index in [-0.39, 0.29) is 5.91 Å². The Hall–Kier alpha value is -1.71. The average Bonchev–Trinajstić information content (AvgIpc) is 2.57. The van der Waals surface area contributed by atoms with Gasteiger partial charge in [-0.15, -0.1) is 0 Å². The van der Waals surface area contributed by atoms with E-state index in [1.54, 1.807) is 0 Å². The molecule has 1 atom stereocenters. The van der Waals surface area contributed by atoms with E-state index in [0.29, 0.717) is 18.7 Å². The molecule has 0 bridgehead atoms. The van der Waals surface area contributed by atoms with Crippen molar-refractivity contribution in [2.45, 2.75) is 78.7 Å². The van der Waals surface area contributed by atoms with E-state index in [4.69, 9.17) is 4.74 Å². The number of carbonyl (C=O) groups excluding carboxylic acids is 1. The standard InChI is InChI=1S/C20H31NO3/c1-6-7-8-9-12-21-19(23)20(5)11-10-16-15(4)17(22)13(2)14(3)18(16)24-20/h22H,6-12H2,1-5H3,(H,21,23). The molecule has 1 aliphatic heterocycles. The van der Waals surface area contributed by atoms with E-state index in [2.05, 4.69) is 12.2 Å². The number of fused-ring (bicyclic) bond motifs is 1. The maximum atomic E-state index is 12.6. The molecule has 4 heteroatoms. The van der Waals surface area contributed by atoms with Gasteiger partial charge in [0.05, 0.1) is 0 Å². The molecule has 0 fully saturated rings. The van der Waals surface area contributed by atoms with Crippen molar-refractivity contribution in [3.63, 3.8) is 0 Å². The van der Waals surface area contributed by atoms with Gasteiger partial charge in [0, 0.05) is 18.5 Å². The van der Waals surface area contributed by atoms with Crippen molar-refractivity contribution in [1.29, 1.82) is 0 Å². The zero-order valence-electron chi connectivity index (χ0n) is 15.7. The smallest absolute Gasteiger partial charge is 0.263 e. The van der Waals surface area contributed by atoms with Crippen LogP contribution in [0.3, 0.4) is 0 Å². The van der Waals surface area contributed by atoms with Crippen molar-refractivity contribution >= 4 is 5.91 Å². The number of phenolic OH excluding ortho intramolecular Hbond substituents is 1. The van der Waals surface area contributed by atoms with Crippen LogP contribution >= 0.6 is 0 Å². The highest BCUT2D eigenvalue weighted by molar-refractivity contribution is 5.85. The molecule has 0 aromatic heterocycles. The summed E-state index contributed by atoms with van der Waals surface area (Å²) < 4.78 is 6.18. The molecule has 1 heterocycles. The first-order valence-electron chi connectivity index (χ1n) is 9.10. The van der Waals surface area contributed by atoms with Crippen LogP contribution in [0.2, 0.25) is 0 Å². The monoisotopic (exact) mass is 333 g/mol. The maximum Gasteiger partial charge on any atom is 0.263 e. The number of amides is 1. The van der Waals surface area contributed by atoms with Crippen molar-refractivity contribution in [3.05, 3.63) is 22.3 Å². The Labute approximate surface area is 145 Å². The molecule has 134 valence electrons. The minimum Gasteiger partial charge on any atom is -0.507 e. The number of rotatable bonds is 6. The van der Waals surface area contributed by atoms with Gasteiger partial charge in [-0.3, -0.25) is 4.79 Å². The molecule has 0 spiro atoms. The number of unbranched alkanes of at least 4 members (excludes halogenated alkanes) is 3. The largest absolute Gasteiger partial charge is 0.507 e. The Kier molecular flexibility index (Phi) is 5.79. The number of hydrogen-bond donors (Lipinski definition) is 2. The molecule has 4 nitrogen and oxygen atoms in total. The third-order valence-electron chi connectivity index (χ3n) is 5.32. The van der Waals surface area contributed by atoms with Gasteiger partial charge < -0.3 is 15.2 Å². The number of carbonyl (C=O) groups is 1. The van der Waals surface area contributed by atoms with E-state index in [0.717, 1.165) is 47.3 Å². The van der Waals surface area contributed by atoms with Crippen molar-refractivity contribution < 1.29 is 14.6 Å². The van der Waals surface area contributed by atoms with Gasteiger partial charge in [0.15, 0.2) is 5.60 Å². The lowest BCUT2D eigenvalue weighted by atomic mass is 9.86. The Morgan fingerprint density at radius 2 is 1.88 bits per heavy atom. The summed E-state index contributed by atoms with van der Waals surface area (Å²) >= 11 is 0. The van der Waals surface area contributed by atoms with Crippen LogP contribution in [-0.4, -0.2) is 23.2 Å². The summed E-state index contributed by atoms with van der Waals surface area (Å²) in [5.74, 6) is 1.09.